The van der Waals surface area contributed by atoms with E-state index in [0.29, 0.717) is 5.69 Å². The normalized spacial score (nSPS) is 10.3. The molecule has 0 aliphatic heterocycles. The van der Waals surface area contributed by atoms with E-state index < -0.39 is 10.1 Å². The Balaban J connectivity index is 0.000000204. The van der Waals surface area contributed by atoms with Gasteiger partial charge < -0.3 is 16.2 Å². The molecule has 0 saturated carbocycles. The van der Waals surface area contributed by atoms with Crippen LogP contribution in [0.5, 0.6) is 5.75 Å². The second-order valence-electron chi connectivity index (χ2n) is 3.82. The van der Waals surface area contributed by atoms with Gasteiger partial charge in [-0.1, -0.05) is 6.07 Å². The van der Waals surface area contributed by atoms with Crippen LogP contribution in [0.4, 0.5) is 11.4 Å². The van der Waals surface area contributed by atoms with Gasteiger partial charge in [0, 0.05) is 17.4 Å². The summed E-state index contributed by atoms with van der Waals surface area (Å²) in [6, 6.07) is 12.6. The minimum absolute atomic E-state index is 0.147. The largest absolute Gasteiger partial charge is 0.497 e. The number of methoxy groups -OCH3 is 1. The summed E-state index contributed by atoms with van der Waals surface area (Å²) < 4.78 is 34.3. The van der Waals surface area contributed by atoms with Crippen molar-refractivity contribution >= 4 is 21.5 Å². The third-order valence-corrected chi connectivity index (χ3v) is 3.14. The first-order valence-corrected chi connectivity index (χ1v) is 6.99. The van der Waals surface area contributed by atoms with Crippen molar-refractivity contribution in [3.63, 3.8) is 0 Å². The summed E-state index contributed by atoms with van der Waals surface area (Å²) in [6.45, 7) is 0. The Hall–Kier alpha value is -2.25. The van der Waals surface area contributed by atoms with Gasteiger partial charge in [0.15, 0.2) is 0 Å². The molecule has 0 heterocycles. The molecule has 108 valence electrons. The van der Waals surface area contributed by atoms with Gasteiger partial charge in [-0.2, -0.15) is 8.42 Å². The van der Waals surface area contributed by atoms with Crippen LogP contribution in [0.15, 0.2) is 53.4 Å². The lowest BCUT2D eigenvalue weighted by Crippen LogP contribution is -1.97. The molecule has 0 spiro atoms. The van der Waals surface area contributed by atoms with Crippen LogP contribution in [0.25, 0.3) is 0 Å². The summed E-state index contributed by atoms with van der Waals surface area (Å²) in [5, 5.41) is 0. The number of hydrogen-bond donors (Lipinski definition) is 3. The molecule has 5 N–H and O–H groups in total. The molecule has 0 saturated heterocycles. The number of benzene rings is 2. The molecule has 0 aliphatic rings. The highest BCUT2D eigenvalue weighted by molar-refractivity contribution is 7.85. The summed E-state index contributed by atoms with van der Waals surface area (Å²) in [5.41, 5.74) is 11.9. The molecule has 0 radical (unpaired) electrons. The molecule has 0 aromatic heterocycles. The predicted molar refractivity (Wildman–Crippen MR) is 78.1 cm³/mol. The van der Waals surface area contributed by atoms with Crippen molar-refractivity contribution in [1.82, 2.24) is 0 Å². The Morgan fingerprint density at radius 3 is 2.00 bits per heavy atom. The number of ether oxygens (including phenoxy) is 1. The van der Waals surface area contributed by atoms with Gasteiger partial charge in [0.2, 0.25) is 0 Å². The number of hydrogen-bond acceptors (Lipinski definition) is 5. The summed E-state index contributed by atoms with van der Waals surface area (Å²) in [5.74, 6) is 0.801. The third-order valence-electron chi connectivity index (χ3n) is 2.27. The van der Waals surface area contributed by atoms with Crippen LogP contribution in [-0.2, 0) is 10.1 Å². The van der Waals surface area contributed by atoms with Crippen molar-refractivity contribution in [2.75, 3.05) is 18.6 Å². The Morgan fingerprint density at radius 2 is 1.60 bits per heavy atom. The van der Waals surface area contributed by atoms with Gasteiger partial charge in [-0.15, -0.1) is 0 Å². The molecule has 0 fully saturated rings. The Morgan fingerprint density at radius 1 is 1.00 bits per heavy atom. The van der Waals surface area contributed by atoms with Gasteiger partial charge in [0.25, 0.3) is 10.1 Å². The maximum absolute atomic E-state index is 10.5. The molecule has 0 unspecified atom stereocenters. The van der Waals surface area contributed by atoms with E-state index in [1.165, 1.54) is 24.3 Å². The standard InChI is InChI=1S/C7H9NO.C6H7NO3S/c1-9-7-4-2-3-6(8)5-7;7-5-1-3-6(4-2-5)11(8,9)10/h2-5H,8H2,1H3;1-4H,7H2,(H,8,9,10). The van der Waals surface area contributed by atoms with E-state index in [2.05, 4.69) is 0 Å². The fraction of sp³-hybridized carbons (Fsp3) is 0.0769. The Kier molecular flexibility index (Phi) is 5.36. The molecule has 0 atom stereocenters. The van der Waals surface area contributed by atoms with Crippen LogP contribution in [-0.4, -0.2) is 20.1 Å². The number of anilines is 2. The first-order chi connectivity index (χ1) is 9.32. The molecule has 2 rings (SSSR count). The molecule has 7 heteroatoms. The Labute approximate surface area is 117 Å². The van der Waals surface area contributed by atoms with Gasteiger partial charge in [-0.05, 0) is 36.4 Å². The average molecular weight is 296 g/mol. The van der Waals surface area contributed by atoms with Crippen LogP contribution in [0.3, 0.4) is 0 Å². The second kappa shape index (κ2) is 6.78. The first kappa shape index (κ1) is 15.8. The van der Waals surface area contributed by atoms with Gasteiger partial charge in [-0.3, -0.25) is 4.55 Å². The predicted octanol–water partition coefficient (Wildman–Crippen LogP) is 1.79. The smallest absolute Gasteiger partial charge is 0.294 e. The van der Waals surface area contributed by atoms with E-state index in [9.17, 15) is 8.42 Å². The number of nitrogen functional groups attached to an aromatic ring is 2. The highest BCUT2D eigenvalue weighted by Gasteiger charge is 2.06. The fourth-order valence-electron chi connectivity index (χ4n) is 1.28. The minimum atomic E-state index is -4.08. The van der Waals surface area contributed by atoms with E-state index >= 15 is 0 Å². The number of nitrogens with two attached hydrogens (primary N) is 2. The monoisotopic (exact) mass is 296 g/mol. The molecule has 2 aromatic carbocycles. The van der Waals surface area contributed by atoms with Crippen molar-refractivity contribution in [1.29, 1.82) is 0 Å². The lowest BCUT2D eigenvalue weighted by Gasteiger charge is -1.97. The zero-order chi connectivity index (χ0) is 15.2. The van der Waals surface area contributed by atoms with Gasteiger partial charge in [0.1, 0.15) is 5.75 Å². The molecule has 0 aliphatic carbocycles. The maximum Gasteiger partial charge on any atom is 0.294 e. The summed E-state index contributed by atoms with van der Waals surface area (Å²) in [7, 11) is -2.46. The maximum atomic E-state index is 10.5. The van der Waals surface area contributed by atoms with Crippen molar-refractivity contribution in [2.45, 2.75) is 4.90 Å². The highest BCUT2D eigenvalue weighted by Crippen LogP contribution is 2.12. The molecule has 0 bridgehead atoms. The lowest BCUT2D eigenvalue weighted by atomic mass is 10.3. The molecule has 2 aromatic rings. The van der Waals surface area contributed by atoms with E-state index in [1.54, 1.807) is 13.2 Å². The average Bonchev–Trinajstić information content (AvgIpc) is 2.39. The minimum Gasteiger partial charge on any atom is -0.497 e. The number of rotatable bonds is 2. The highest BCUT2D eigenvalue weighted by atomic mass is 32.2. The van der Waals surface area contributed by atoms with Crippen LogP contribution in [0, 0.1) is 0 Å². The summed E-state index contributed by atoms with van der Waals surface area (Å²) >= 11 is 0. The zero-order valence-electron chi connectivity index (χ0n) is 10.9. The molecule has 6 nitrogen and oxygen atoms in total. The van der Waals surface area contributed by atoms with Crippen LogP contribution in [0.1, 0.15) is 0 Å². The molecular formula is C13H16N2O4S. The van der Waals surface area contributed by atoms with Crippen molar-refractivity contribution in [2.24, 2.45) is 0 Å². The van der Waals surface area contributed by atoms with Crippen LogP contribution < -0.4 is 16.2 Å². The zero-order valence-corrected chi connectivity index (χ0v) is 11.7. The summed E-state index contributed by atoms with van der Waals surface area (Å²) in [4.78, 5) is -0.147. The first-order valence-electron chi connectivity index (χ1n) is 5.55. The van der Waals surface area contributed by atoms with Crippen molar-refractivity contribution in [3.8, 4) is 5.75 Å². The Bertz CT molecular complexity index is 654. The topological polar surface area (TPSA) is 116 Å². The van der Waals surface area contributed by atoms with Crippen LogP contribution in [0.2, 0.25) is 0 Å². The third kappa shape index (κ3) is 5.17. The van der Waals surface area contributed by atoms with Gasteiger partial charge in [-0.25, -0.2) is 0 Å². The van der Waals surface area contributed by atoms with E-state index in [1.807, 2.05) is 18.2 Å². The molecule has 20 heavy (non-hydrogen) atoms. The van der Waals surface area contributed by atoms with Crippen LogP contribution >= 0.6 is 0 Å². The fourth-order valence-corrected chi connectivity index (χ4v) is 1.76. The van der Waals surface area contributed by atoms with E-state index in [0.717, 1.165) is 11.4 Å². The molecular weight excluding hydrogens is 280 g/mol. The van der Waals surface area contributed by atoms with Crippen molar-refractivity contribution in [3.05, 3.63) is 48.5 Å². The summed E-state index contributed by atoms with van der Waals surface area (Å²) in [6.07, 6.45) is 0. The quantitative estimate of drug-likeness (QED) is 0.575. The van der Waals surface area contributed by atoms with Gasteiger partial charge in [0.05, 0.1) is 12.0 Å². The lowest BCUT2D eigenvalue weighted by molar-refractivity contribution is 0.415. The van der Waals surface area contributed by atoms with E-state index in [-0.39, 0.29) is 4.90 Å². The van der Waals surface area contributed by atoms with E-state index in [4.69, 9.17) is 20.8 Å². The second-order valence-corrected chi connectivity index (χ2v) is 5.24. The van der Waals surface area contributed by atoms with Crippen molar-refractivity contribution < 1.29 is 17.7 Å². The van der Waals surface area contributed by atoms with Gasteiger partial charge >= 0.3 is 0 Å². The molecule has 0 amide bonds. The SMILES string of the molecule is COc1cccc(N)c1.Nc1ccc(S(=O)(=O)O)cc1.